The summed E-state index contributed by atoms with van der Waals surface area (Å²) in [6.07, 6.45) is 93.6. The Morgan fingerprint density at radius 3 is 0.747 bits per heavy atom. The zero-order valence-corrected chi connectivity index (χ0v) is 55.5. The third-order valence-electron chi connectivity index (χ3n) is 16.2. The van der Waals surface area contributed by atoms with Crippen LogP contribution < -0.4 is 0 Å². The van der Waals surface area contributed by atoms with Crippen LogP contribution in [0.5, 0.6) is 0 Å². The molecule has 0 aliphatic rings. The first kappa shape index (κ1) is 79.8. The van der Waals surface area contributed by atoms with Gasteiger partial charge in [-0.2, -0.15) is 0 Å². The standard InChI is InChI=1S/C77H138O6/c1-4-7-10-13-16-19-22-25-28-31-34-35-36-37-38-39-40-41-42-43-44-47-49-52-55-58-61-64-67-70-76(79)82-73-74(83-77(80)71-68-65-62-59-56-53-50-46-33-30-27-24-21-18-15-12-9-6-3)72-81-75(78)69-66-63-60-57-54-51-48-45-32-29-26-23-20-17-14-11-8-5-2/h7,10,16,19,21,24-25,28,30,33-35,74H,4-6,8-9,11-15,17-18,20,22-23,26-27,29,31-32,36-73H2,1-3H3/b10-7-,19-16-,24-21-,28-25-,33-30-,35-34-. The van der Waals surface area contributed by atoms with E-state index in [1.807, 2.05) is 0 Å². The molecule has 83 heavy (non-hydrogen) atoms. The number of hydrogen-bond donors (Lipinski definition) is 0. The van der Waals surface area contributed by atoms with Crippen LogP contribution in [0.25, 0.3) is 0 Å². The van der Waals surface area contributed by atoms with Gasteiger partial charge in [-0.25, -0.2) is 0 Å². The van der Waals surface area contributed by atoms with Crippen LogP contribution in [0, 0.1) is 0 Å². The van der Waals surface area contributed by atoms with Gasteiger partial charge in [-0.3, -0.25) is 14.4 Å². The highest BCUT2D eigenvalue weighted by atomic mass is 16.6. The van der Waals surface area contributed by atoms with Gasteiger partial charge < -0.3 is 14.2 Å². The van der Waals surface area contributed by atoms with Crippen LogP contribution in [0.2, 0.25) is 0 Å². The molecule has 0 aromatic rings. The lowest BCUT2D eigenvalue weighted by Gasteiger charge is -2.18. The molecular formula is C77H138O6. The average molecular weight is 1160 g/mol. The predicted octanol–water partition coefficient (Wildman–Crippen LogP) is 25.2. The summed E-state index contributed by atoms with van der Waals surface area (Å²) in [5.41, 5.74) is 0. The van der Waals surface area contributed by atoms with Crippen LogP contribution in [0.4, 0.5) is 0 Å². The summed E-state index contributed by atoms with van der Waals surface area (Å²) < 4.78 is 17.0. The molecule has 0 aliphatic heterocycles. The SMILES string of the molecule is CC/C=C\C/C=C\C/C=C\C/C=C\CCCCCCCCCCCCCCCCCCC(=O)OCC(COC(=O)CCCCCCCCCCCCCCCCCCCC)OC(=O)CCCCCCCCC/C=C\C/C=C\CCCCCC. The lowest BCUT2D eigenvalue weighted by Crippen LogP contribution is -2.30. The Morgan fingerprint density at radius 2 is 0.470 bits per heavy atom. The molecule has 0 bridgehead atoms. The fraction of sp³-hybridized carbons (Fsp3) is 0.805. The van der Waals surface area contributed by atoms with Crippen LogP contribution in [0.3, 0.4) is 0 Å². The number of allylic oxidation sites excluding steroid dienone is 12. The molecule has 0 saturated heterocycles. The molecule has 0 amide bonds. The number of carbonyl (C=O) groups excluding carboxylic acids is 3. The van der Waals surface area contributed by atoms with Crippen molar-refractivity contribution in [2.75, 3.05) is 13.2 Å². The Hall–Kier alpha value is -3.15. The van der Waals surface area contributed by atoms with Crippen LogP contribution >= 0.6 is 0 Å². The number of rotatable bonds is 67. The maximum Gasteiger partial charge on any atom is 0.306 e. The predicted molar refractivity (Wildman–Crippen MR) is 362 cm³/mol. The number of ether oxygens (including phenoxy) is 3. The molecule has 6 nitrogen and oxygen atoms in total. The smallest absolute Gasteiger partial charge is 0.306 e. The van der Waals surface area contributed by atoms with E-state index in [2.05, 4.69) is 93.7 Å². The summed E-state index contributed by atoms with van der Waals surface area (Å²) in [5, 5.41) is 0. The first-order valence-corrected chi connectivity index (χ1v) is 36.4. The van der Waals surface area contributed by atoms with E-state index in [0.717, 1.165) is 96.3 Å². The minimum Gasteiger partial charge on any atom is -0.462 e. The van der Waals surface area contributed by atoms with Crippen molar-refractivity contribution in [2.24, 2.45) is 0 Å². The second kappa shape index (κ2) is 71.3. The Labute approximate surface area is 516 Å². The van der Waals surface area contributed by atoms with Crippen LogP contribution in [-0.4, -0.2) is 37.2 Å². The zero-order chi connectivity index (χ0) is 59.9. The van der Waals surface area contributed by atoms with Crippen molar-refractivity contribution in [1.82, 2.24) is 0 Å². The van der Waals surface area contributed by atoms with Crippen LogP contribution in [0.1, 0.15) is 380 Å². The molecule has 1 unspecified atom stereocenters. The molecule has 482 valence electrons. The number of unbranched alkanes of at least 4 members (excludes halogenated alkanes) is 44. The molecular weight excluding hydrogens is 1020 g/mol. The lowest BCUT2D eigenvalue weighted by molar-refractivity contribution is -0.167. The van der Waals surface area contributed by atoms with E-state index in [4.69, 9.17) is 14.2 Å². The van der Waals surface area contributed by atoms with Crippen molar-refractivity contribution in [1.29, 1.82) is 0 Å². The summed E-state index contributed by atoms with van der Waals surface area (Å²) in [6, 6.07) is 0. The highest BCUT2D eigenvalue weighted by Crippen LogP contribution is 2.18. The first-order chi connectivity index (χ1) is 41.0. The van der Waals surface area contributed by atoms with Gasteiger partial charge in [0.15, 0.2) is 6.10 Å². The van der Waals surface area contributed by atoms with Crippen LogP contribution in [-0.2, 0) is 28.6 Å². The van der Waals surface area contributed by atoms with Crippen molar-refractivity contribution in [3.8, 4) is 0 Å². The Morgan fingerprint density at radius 1 is 0.253 bits per heavy atom. The molecule has 0 saturated carbocycles. The minimum absolute atomic E-state index is 0.0729. The molecule has 0 aliphatic carbocycles. The molecule has 0 N–H and O–H groups in total. The van der Waals surface area contributed by atoms with E-state index < -0.39 is 6.10 Å². The van der Waals surface area contributed by atoms with E-state index in [-0.39, 0.29) is 31.1 Å². The van der Waals surface area contributed by atoms with Crippen molar-refractivity contribution in [2.45, 2.75) is 386 Å². The van der Waals surface area contributed by atoms with Crippen molar-refractivity contribution >= 4 is 17.9 Å². The maximum absolute atomic E-state index is 13.0. The molecule has 0 aromatic heterocycles. The second-order valence-electron chi connectivity index (χ2n) is 24.5. The van der Waals surface area contributed by atoms with E-state index >= 15 is 0 Å². The van der Waals surface area contributed by atoms with Crippen LogP contribution in [0.15, 0.2) is 72.9 Å². The largest absolute Gasteiger partial charge is 0.462 e. The summed E-state index contributed by atoms with van der Waals surface area (Å²) >= 11 is 0. The van der Waals surface area contributed by atoms with Crippen molar-refractivity contribution in [3.05, 3.63) is 72.9 Å². The highest BCUT2D eigenvalue weighted by Gasteiger charge is 2.19. The first-order valence-electron chi connectivity index (χ1n) is 36.4. The Kier molecular flexibility index (Phi) is 68.6. The van der Waals surface area contributed by atoms with Gasteiger partial charge in [0.1, 0.15) is 13.2 Å². The highest BCUT2D eigenvalue weighted by molar-refractivity contribution is 5.71. The fourth-order valence-corrected chi connectivity index (χ4v) is 10.8. The Bertz CT molecular complexity index is 1520. The zero-order valence-electron chi connectivity index (χ0n) is 55.5. The number of carbonyl (C=O) groups is 3. The van der Waals surface area contributed by atoms with Gasteiger partial charge in [0, 0.05) is 19.3 Å². The van der Waals surface area contributed by atoms with E-state index in [9.17, 15) is 14.4 Å². The monoisotopic (exact) mass is 1160 g/mol. The van der Waals surface area contributed by atoms with Gasteiger partial charge in [-0.1, -0.05) is 344 Å². The third-order valence-corrected chi connectivity index (χ3v) is 16.2. The number of esters is 3. The van der Waals surface area contributed by atoms with E-state index in [1.165, 1.54) is 244 Å². The summed E-state index contributed by atoms with van der Waals surface area (Å²) in [4.78, 5) is 38.5. The fourth-order valence-electron chi connectivity index (χ4n) is 10.8. The Balaban J connectivity index is 4.27. The molecule has 1 atom stereocenters. The molecule has 0 rings (SSSR count). The van der Waals surface area contributed by atoms with Gasteiger partial charge in [0.25, 0.3) is 0 Å². The topological polar surface area (TPSA) is 78.9 Å². The normalized spacial score (nSPS) is 12.5. The maximum atomic E-state index is 13.0. The third kappa shape index (κ3) is 69.5. The molecule has 0 fully saturated rings. The van der Waals surface area contributed by atoms with Gasteiger partial charge in [0.05, 0.1) is 0 Å². The molecule has 0 aromatic carbocycles. The van der Waals surface area contributed by atoms with Crippen molar-refractivity contribution < 1.29 is 28.6 Å². The van der Waals surface area contributed by atoms with Gasteiger partial charge in [-0.15, -0.1) is 0 Å². The quantitative estimate of drug-likeness (QED) is 0.0261. The summed E-state index contributed by atoms with van der Waals surface area (Å²) in [5.74, 6) is -0.855. The molecule has 0 heterocycles. The van der Waals surface area contributed by atoms with E-state index in [0.29, 0.717) is 19.3 Å². The number of hydrogen-bond acceptors (Lipinski definition) is 6. The molecule has 0 spiro atoms. The van der Waals surface area contributed by atoms with Gasteiger partial charge in [-0.05, 0) is 89.9 Å². The van der Waals surface area contributed by atoms with Gasteiger partial charge in [0.2, 0.25) is 0 Å². The summed E-state index contributed by atoms with van der Waals surface area (Å²) in [6.45, 7) is 6.57. The molecule has 6 heteroatoms. The summed E-state index contributed by atoms with van der Waals surface area (Å²) in [7, 11) is 0. The minimum atomic E-state index is -0.779. The average Bonchev–Trinajstić information content (AvgIpc) is 3.49. The molecule has 0 radical (unpaired) electrons. The second-order valence-corrected chi connectivity index (χ2v) is 24.5. The van der Waals surface area contributed by atoms with E-state index in [1.54, 1.807) is 0 Å². The van der Waals surface area contributed by atoms with Crippen molar-refractivity contribution in [3.63, 3.8) is 0 Å². The van der Waals surface area contributed by atoms with Gasteiger partial charge >= 0.3 is 17.9 Å². The lowest BCUT2D eigenvalue weighted by atomic mass is 10.0.